The molecule has 4 atom stereocenters. The average molecular weight is 872 g/mol. The first-order chi connectivity index (χ1) is 29.4. The van der Waals surface area contributed by atoms with E-state index in [-0.39, 0.29) is 82.3 Å². The van der Waals surface area contributed by atoms with Crippen molar-refractivity contribution in [3.8, 4) is 0 Å². The topological polar surface area (TPSA) is 297 Å². The number of esters is 4. The number of carbonyl (C=O) groups is 9. The highest BCUT2D eigenvalue weighted by Crippen LogP contribution is 2.15. The Morgan fingerprint density at radius 2 is 1.00 bits per heavy atom. The Morgan fingerprint density at radius 1 is 0.565 bits per heavy atom. The first-order valence-electron chi connectivity index (χ1n) is 19.8. The van der Waals surface area contributed by atoms with Crippen LogP contribution in [-0.2, 0) is 75.1 Å². The molecule has 0 aromatic heterocycles. The van der Waals surface area contributed by atoms with E-state index in [1.165, 1.54) is 52.0 Å². The second-order valence-corrected chi connectivity index (χ2v) is 13.9. The van der Waals surface area contributed by atoms with Gasteiger partial charge in [-0.2, -0.15) is 0 Å². The number of carbonyl (C=O) groups excluding carboxylic acids is 9. The van der Waals surface area contributed by atoms with Crippen LogP contribution in [0.5, 0.6) is 0 Å². The molecule has 0 saturated heterocycles. The molecule has 0 heterocycles. The molecule has 21 heteroatoms. The van der Waals surface area contributed by atoms with Crippen LogP contribution >= 0.6 is 0 Å². The monoisotopic (exact) mass is 871 g/mol. The molecule has 0 bridgehead atoms. The van der Waals surface area contributed by atoms with Gasteiger partial charge in [-0.25, -0.2) is 0 Å². The van der Waals surface area contributed by atoms with Gasteiger partial charge in [0.25, 0.3) is 0 Å². The molecule has 2 aromatic rings. The zero-order valence-electron chi connectivity index (χ0n) is 35.1. The van der Waals surface area contributed by atoms with E-state index in [4.69, 9.17) is 18.9 Å². The summed E-state index contributed by atoms with van der Waals surface area (Å²) < 4.78 is 20.1. The van der Waals surface area contributed by atoms with Crippen LogP contribution < -0.4 is 31.8 Å². The van der Waals surface area contributed by atoms with Crippen molar-refractivity contribution in [1.82, 2.24) is 26.6 Å². The molecule has 5 amide bonds. The van der Waals surface area contributed by atoms with E-state index in [0.29, 0.717) is 11.1 Å². The minimum atomic E-state index is -1.42. The van der Waals surface area contributed by atoms with Gasteiger partial charge in [-0.15, -0.1) is 0 Å². The first-order valence-corrected chi connectivity index (χ1v) is 19.8. The molecule has 2 rings (SSSR count). The Morgan fingerprint density at radius 3 is 1.42 bits per heavy atom. The number of ether oxygens (including phenoxy) is 4. The predicted molar refractivity (Wildman–Crippen MR) is 218 cm³/mol. The molecule has 0 saturated carbocycles. The molecule has 0 fully saturated rings. The fourth-order valence-electron chi connectivity index (χ4n) is 5.65. The summed E-state index contributed by atoms with van der Waals surface area (Å²) in [7, 11) is 0. The zero-order valence-corrected chi connectivity index (χ0v) is 35.1. The summed E-state index contributed by atoms with van der Waals surface area (Å²) in [6.45, 7) is 3.82. The van der Waals surface area contributed by atoms with Crippen molar-refractivity contribution < 1.29 is 67.3 Å². The molecule has 0 aliphatic rings. The van der Waals surface area contributed by atoms with Gasteiger partial charge in [0.05, 0.1) is 25.5 Å². The van der Waals surface area contributed by atoms with E-state index in [9.17, 15) is 53.6 Å². The van der Waals surface area contributed by atoms with Crippen LogP contribution in [0.3, 0.4) is 0 Å². The summed E-state index contributed by atoms with van der Waals surface area (Å²) in [5.74, 6) is -6.44. The summed E-state index contributed by atoms with van der Waals surface area (Å²) >= 11 is 0. The average Bonchev–Trinajstić information content (AvgIpc) is 3.22. The number of hydrogen-bond donors (Lipinski definition) is 6. The third-order valence-corrected chi connectivity index (χ3v) is 8.67. The van der Waals surface area contributed by atoms with Gasteiger partial charge in [0.15, 0.2) is 0 Å². The van der Waals surface area contributed by atoms with Crippen molar-refractivity contribution in [2.24, 2.45) is 0 Å². The Hall–Kier alpha value is -6.61. The van der Waals surface area contributed by atoms with E-state index in [1.54, 1.807) is 30.3 Å². The van der Waals surface area contributed by atoms with Crippen LogP contribution in [0.2, 0.25) is 0 Å². The molecule has 62 heavy (non-hydrogen) atoms. The Kier molecular flexibility index (Phi) is 23.3. The minimum absolute atomic E-state index is 0.0216. The number of rotatable bonds is 27. The number of nitrogens with one attached hydrogen (secondary N) is 5. The van der Waals surface area contributed by atoms with Gasteiger partial charge in [-0.3, -0.25) is 48.4 Å². The standard InChI is InChI=1S/C41H55N6O15/c1-26(48)43-33(13-8-20-59-27(2)49)39(54)44-34(14-9-21-60-28(3)50)40(55)45-35(15-10-22-61-29(4)51)41(56)46-36(23-30-16-18-32(19-17-30)47(57)58)38(53)42-24-37(52)62-25-31-11-6-5-7-12-31/h5-7,11-12,16-19,33-36,57H,8-10,13-15,20-25H2,1-4H3,(H,42,53)(H,43,48)(H,44,54)(H,45,55)(H,46,56)/q-1. The van der Waals surface area contributed by atoms with Crippen molar-refractivity contribution in [1.29, 1.82) is 0 Å². The summed E-state index contributed by atoms with van der Waals surface area (Å²) in [5.41, 5.74) is 1.00. The molecule has 0 aliphatic heterocycles. The number of amides is 5. The molecule has 340 valence electrons. The second kappa shape index (κ2) is 28.0. The van der Waals surface area contributed by atoms with Crippen molar-refractivity contribution in [2.45, 2.75) is 103 Å². The van der Waals surface area contributed by atoms with Gasteiger partial charge in [-0.05, 0) is 61.8 Å². The lowest BCUT2D eigenvalue weighted by Crippen LogP contribution is -2.58. The van der Waals surface area contributed by atoms with Gasteiger partial charge in [0.2, 0.25) is 29.5 Å². The van der Waals surface area contributed by atoms with Gasteiger partial charge >= 0.3 is 23.9 Å². The SMILES string of the molecule is CC(=O)NC(CCCOC(C)=O)C(=O)NC(CCCOC(C)=O)C(=O)NC(CCCOC(C)=O)C(=O)NC(Cc1ccc(N([O-])O)cc1)C(=O)NCC(=O)OCc1ccccc1. The highest BCUT2D eigenvalue weighted by molar-refractivity contribution is 5.96. The maximum Gasteiger partial charge on any atom is 0.325 e. The first kappa shape index (κ1) is 51.5. The number of hydrogen-bond acceptors (Lipinski definition) is 16. The van der Waals surface area contributed by atoms with Crippen LogP contribution in [-0.4, -0.2) is 109 Å². The Balaban J connectivity index is 2.37. The summed E-state index contributed by atoms with van der Waals surface area (Å²) in [6.07, 6.45) is -0.129. The van der Waals surface area contributed by atoms with E-state index in [0.717, 1.165) is 0 Å². The lowest BCUT2D eigenvalue weighted by atomic mass is 10.0. The van der Waals surface area contributed by atoms with E-state index < -0.39 is 84.1 Å². The fourth-order valence-corrected chi connectivity index (χ4v) is 5.65. The Bertz CT molecular complexity index is 1810. The van der Waals surface area contributed by atoms with Gasteiger partial charge in [0.1, 0.15) is 37.3 Å². The third kappa shape index (κ3) is 21.6. The molecular weight excluding hydrogens is 816 g/mol. The third-order valence-electron chi connectivity index (χ3n) is 8.67. The smallest absolute Gasteiger partial charge is 0.325 e. The second-order valence-electron chi connectivity index (χ2n) is 13.9. The summed E-state index contributed by atoms with van der Waals surface area (Å²) in [4.78, 5) is 114. The largest absolute Gasteiger partial charge is 0.733 e. The molecule has 4 unspecified atom stereocenters. The zero-order chi connectivity index (χ0) is 46.0. The molecule has 0 spiro atoms. The van der Waals surface area contributed by atoms with Gasteiger partial charge < -0.3 is 56.0 Å². The number of benzene rings is 2. The van der Waals surface area contributed by atoms with E-state index in [2.05, 4.69) is 26.6 Å². The molecule has 21 nitrogen and oxygen atoms in total. The molecular formula is C41H55N6O15-. The van der Waals surface area contributed by atoms with Crippen molar-refractivity contribution in [3.63, 3.8) is 0 Å². The summed E-state index contributed by atoms with van der Waals surface area (Å²) in [5, 5.41) is 32.9. The lowest BCUT2D eigenvalue weighted by molar-refractivity contribution is -0.145. The van der Waals surface area contributed by atoms with Crippen LogP contribution in [0, 0.1) is 5.21 Å². The van der Waals surface area contributed by atoms with E-state index >= 15 is 0 Å². The fraction of sp³-hybridized carbons (Fsp3) is 0.488. The van der Waals surface area contributed by atoms with Crippen LogP contribution in [0.15, 0.2) is 54.6 Å². The van der Waals surface area contributed by atoms with Crippen LogP contribution in [0.4, 0.5) is 5.69 Å². The molecule has 0 aliphatic carbocycles. The number of nitrogens with zero attached hydrogens (tertiary/aromatic N) is 1. The Labute approximate surface area is 358 Å². The highest BCUT2D eigenvalue weighted by Gasteiger charge is 2.31. The predicted octanol–water partition coefficient (Wildman–Crippen LogP) is 0.771. The quantitative estimate of drug-likeness (QED) is 0.0313. The maximum atomic E-state index is 14.0. The van der Waals surface area contributed by atoms with Crippen molar-refractivity contribution in [2.75, 3.05) is 31.6 Å². The van der Waals surface area contributed by atoms with Crippen LogP contribution in [0.25, 0.3) is 0 Å². The maximum absolute atomic E-state index is 14.0. The molecule has 0 radical (unpaired) electrons. The van der Waals surface area contributed by atoms with Gasteiger partial charge in [0, 0.05) is 34.1 Å². The molecule has 6 N–H and O–H groups in total. The van der Waals surface area contributed by atoms with Crippen LogP contribution in [0.1, 0.15) is 77.3 Å². The molecule has 2 aromatic carbocycles. The van der Waals surface area contributed by atoms with Crippen molar-refractivity contribution in [3.05, 3.63) is 70.9 Å². The van der Waals surface area contributed by atoms with Gasteiger partial charge in [-0.1, -0.05) is 42.5 Å². The summed E-state index contributed by atoms with van der Waals surface area (Å²) in [6, 6.07) is 8.83. The van der Waals surface area contributed by atoms with Crippen molar-refractivity contribution >= 4 is 59.1 Å². The lowest BCUT2D eigenvalue weighted by Gasteiger charge is -2.27. The highest BCUT2D eigenvalue weighted by atomic mass is 16.8. The number of anilines is 1. The minimum Gasteiger partial charge on any atom is -0.733 e. The van der Waals surface area contributed by atoms with E-state index in [1.807, 2.05) is 0 Å². The normalized spacial score (nSPS) is 12.5.